The van der Waals surface area contributed by atoms with E-state index in [-0.39, 0.29) is 24.9 Å². The van der Waals surface area contributed by atoms with Crippen molar-refractivity contribution in [3.63, 3.8) is 0 Å². The molecule has 5 rings (SSSR count). The van der Waals surface area contributed by atoms with Crippen molar-refractivity contribution in [3.05, 3.63) is 29.3 Å². The van der Waals surface area contributed by atoms with Crippen LogP contribution in [0.4, 0.5) is 18.9 Å². The van der Waals surface area contributed by atoms with Gasteiger partial charge in [0, 0.05) is 38.3 Å². The van der Waals surface area contributed by atoms with Crippen LogP contribution < -0.4 is 15.5 Å². The largest absolute Gasteiger partial charge is 0.490 e. The van der Waals surface area contributed by atoms with Crippen LogP contribution in [0.3, 0.4) is 0 Å². The summed E-state index contributed by atoms with van der Waals surface area (Å²) in [7, 11) is 0. The Bertz CT molecular complexity index is 1110. The predicted molar refractivity (Wildman–Crippen MR) is 120 cm³/mol. The Morgan fingerprint density at radius 2 is 1.59 bits per heavy atom. The number of aliphatic carboxylic acids is 1. The highest BCUT2D eigenvalue weighted by molar-refractivity contribution is 6.23. The number of carboxylic acids is 1. The summed E-state index contributed by atoms with van der Waals surface area (Å²) in [5.74, 6) is -4.67. The van der Waals surface area contributed by atoms with Gasteiger partial charge in [-0.1, -0.05) is 0 Å². The minimum atomic E-state index is -5.08. The fourth-order valence-electron chi connectivity index (χ4n) is 4.54. The first-order valence-electron chi connectivity index (χ1n) is 11.7. The number of rotatable bonds is 4. The minimum Gasteiger partial charge on any atom is -0.475 e. The van der Waals surface area contributed by atoms with Crippen LogP contribution in [-0.2, 0) is 19.1 Å². The number of anilines is 1. The Balaban J connectivity index is 0.000000405. The van der Waals surface area contributed by atoms with Gasteiger partial charge in [0.15, 0.2) is 0 Å². The molecule has 14 heteroatoms. The third-order valence-corrected chi connectivity index (χ3v) is 6.60. The molecule has 3 saturated heterocycles. The van der Waals surface area contributed by atoms with Crippen molar-refractivity contribution in [3.8, 4) is 0 Å². The Hall–Kier alpha value is -3.52. The molecule has 1 aromatic rings. The van der Waals surface area contributed by atoms with Crippen molar-refractivity contribution in [2.45, 2.75) is 50.1 Å². The fourth-order valence-corrected chi connectivity index (χ4v) is 4.54. The zero-order valence-electron chi connectivity index (χ0n) is 19.5. The number of alkyl halides is 3. The van der Waals surface area contributed by atoms with Crippen LogP contribution in [0.15, 0.2) is 18.2 Å². The van der Waals surface area contributed by atoms with Gasteiger partial charge in [0.05, 0.1) is 23.3 Å². The number of benzene rings is 1. The van der Waals surface area contributed by atoms with Crippen LogP contribution in [0, 0.1) is 0 Å². The van der Waals surface area contributed by atoms with Crippen molar-refractivity contribution in [2.75, 3.05) is 31.1 Å². The summed E-state index contributed by atoms with van der Waals surface area (Å²) in [5.41, 5.74) is 1.52. The van der Waals surface area contributed by atoms with Gasteiger partial charge in [-0.05, 0) is 37.5 Å². The fraction of sp³-hybridized carbons (Fsp3) is 0.522. The topological polar surface area (TPSA) is 145 Å². The zero-order valence-corrected chi connectivity index (χ0v) is 19.5. The third-order valence-electron chi connectivity index (χ3n) is 6.60. The normalized spacial score (nSPS) is 22.7. The van der Waals surface area contributed by atoms with Gasteiger partial charge in [-0.25, -0.2) is 4.79 Å². The van der Waals surface area contributed by atoms with E-state index in [4.69, 9.17) is 14.6 Å². The van der Waals surface area contributed by atoms with Gasteiger partial charge in [0.25, 0.3) is 11.8 Å². The van der Waals surface area contributed by atoms with Gasteiger partial charge in [-0.15, -0.1) is 0 Å². The second-order valence-corrected chi connectivity index (χ2v) is 9.08. The van der Waals surface area contributed by atoms with E-state index in [2.05, 4.69) is 15.5 Å². The summed E-state index contributed by atoms with van der Waals surface area (Å²) in [4.78, 5) is 61.5. The van der Waals surface area contributed by atoms with Crippen LogP contribution in [-0.4, -0.2) is 90.2 Å². The van der Waals surface area contributed by atoms with Crippen LogP contribution in [0.1, 0.15) is 46.4 Å². The Morgan fingerprint density at radius 1 is 0.973 bits per heavy atom. The third kappa shape index (κ3) is 5.74. The number of carboxylic acid groups (broad SMARTS) is 1. The lowest BCUT2D eigenvalue weighted by atomic mass is 10.0. The maximum absolute atomic E-state index is 13.0. The van der Waals surface area contributed by atoms with Crippen LogP contribution in [0.25, 0.3) is 0 Å². The van der Waals surface area contributed by atoms with E-state index in [0.29, 0.717) is 17.2 Å². The molecule has 4 amide bonds. The van der Waals surface area contributed by atoms with Gasteiger partial charge in [0.1, 0.15) is 6.04 Å². The molecule has 11 nitrogen and oxygen atoms in total. The number of hydrogen-bond donors (Lipinski definition) is 3. The molecule has 4 heterocycles. The van der Waals surface area contributed by atoms with E-state index >= 15 is 0 Å². The molecule has 0 saturated carbocycles. The van der Waals surface area contributed by atoms with E-state index in [1.165, 1.54) is 0 Å². The summed E-state index contributed by atoms with van der Waals surface area (Å²) in [5, 5.41) is 12.5. The Morgan fingerprint density at radius 3 is 2.14 bits per heavy atom. The number of fused-ring (bicyclic) bond motifs is 1. The molecule has 0 aliphatic carbocycles. The summed E-state index contributed by atoms with van der Waals surface area (Å²) in [6.45, 7) is 3.49. The average Bonchev–Trinajstić information content (AvgIpc) is 3.06. The number of nitrogens with zero attached hydrogens (tertiary/aromatic N) is 2. The van der Waals surface area contributed by atoms with E-state index in [1.54, 1.807) is 12.1 Å². The standard InChI is InChI=1S/C21H24N4O5.C2HF3O2/c26-18-4-3-17(19(27)23-18)25-20(28)15-2-1-12(9-16(15)21(25)29)24-7-5-13(6-8-24)30-14-10-22-11-14;3-2(4,5)1(6)7/h1-2,9,13-14,17,22H,3-8,10-11H2,(H,23,26,27);(H,6,7). The molecule has 0 bridgehead atoms. The van der Waals surface area contributed by atoms with Crippen molar-refractivity contribution in [1.29, 1.82) is 0 Å². The van der Waals surface area contributed by atoms with Crippen molar-refractivity contribution >= 4 is 35.3 Å². The number of hydrogen-bond acceptors (Lipinski definition) is 8. The summed E-state index contributed by atoms with van der Waals surface area (Å²) < 4.78 is 37.8. The summed E-state index contributed by atoms with van der Waals surface area (Å²) in [6, 6.07) is 4.33. The molecular weight excluding hydrogens is 501 g/mol. The van der Waals surface area contributed by atoms with Gasteiger partial charge < -0.3 is 20.1 Å². The lowest BCUT2D eigenvalue weighted by Crippen LogP contribution is -2.54. The molecule has 3 N–H and O–H groups in total. The lowest BCUT2D eigenvalue weighted by molar-refractivity contribution is -0.192. The zero-order chi connectivity index (χ0) is 26.9. The molecule has 200 valence electrons. The summed E-state index contributed by atoms with van der Waals surface area (Å²) in [6.07, 6.45) is -2.39. The van der Waals surface area contributed by atoms with Crippen LogP contribution in [0.2, 0.25) is 0 Å². The molecule has 4 aliphatic heterocycles. The second kappa shape index (κ2) is 10.5. The maximum atomic E-state index is 13.0. The van der Waals surface area contributed by atoms with E-state index in [9.17, 15) is 32.3 Å². The quantitative estimate of drug-likeness (QED) is 0.482. The number of nitrogens with one attached hydrogen (secondary N) is 2. The first-order chi connectivity index (χ1) is 17.5. The maximum Gasteiger partial charge on any atom is 0.490 e. The molecule has 1 atom stereocenters. The number of carbonyl (C=O) groups excluding carboxylic acids is 4. The highest BCUT2D eigenvalue weighted by Crippen LogP contribution is 2.32. The Labute approximate surface area is 208 Å². The second-order valence-electron chi connectivity index (χ2n) is 9.08. The number of halogens is 3. The monoisotopic (exact) mass is 526 g/mol. The molecule has 0 radical (unpaired) electrons. The van der Waals surface area contributed by atoms with Gasteiger partial charge in [-0.2, -0.15) is 13.2 Å². The Kier molecular flexibility index (Phi) is 7.50. The highest BCUT2D eigenvalue weighted by atomic mass is 19.4. The molecule has 0 spiro atoms. The van der Waals surface area contributed by atoms with Gasteiger partial charge >= 0.3 is 12.1 Å². The van der Waals surface area contributed by atoms with Crippen LogP contribution >= 0.6 is 0 Å². The van der Waals surface area contributed by atoms with Crippen LogP contribution in [0.5, 0.6) is 0 Å². The van der Waals surface area contributed by atoms with E-state index in [1.807, 2.05) is 6.07 Å². The minimum absolute atomic E-state index is 0.114. The number of piperidine rings is 2. The van der Waals surface area contributed by atoms with Gasteiger partial charge in [-0.3, -0.25) is 29.4 Å². The highest BCUT2D eigenvalue weighted by Gasteiger charge is 2.45. The molecule has 1 unspecified atom stereocenters. The number of amides is 4. The molecule has 1 aromatic carbocycles. The van der Waals surface area contributed by atoms with E-state index in [0.717, 1.165) is 49.6 Å². The number of imide groups is 2. The average molecular weight is 526 g/mol. The lowest BCUT2D eigenvalue weighted by Gasteiger charge is -2.37. The molecule has 3 fully saturated rings. The first-order valence-corrected chi connectivity index (χ1v) is 11.7. The van der Waals surface area contributed by atoms with Crippen molar-refractivity contribution in [1.82, 2.24) is 15.5 Å². The molecule has 0 aromatic heterocycles. The predicted octanol–water partition coefficient (Wildman–Crippen LogP) is 0.678. The smallest absolute Gasteiger partial charge is 0.475 e. The molecule has 4 aliphatic rings. The number of ether oxygens (including phenoxy) is 1. The van der Waals surface area contributed by atoms with E-state index < -0.39 is 35.9 Å². The van der Waals surface area contributed by atoms with Gasteiger partial charge in [0.2, 0.25) is 11.8 Å². The number of carbonyl (C=O) groups is 5. The van der Waals surface area contributed by atoms with Crippen molar-refractivity contribution < 1.29 is 47.0 Å². The molecule has 37 heavy (non-hydrogen) atoms. The van der Waals surface area contributed by atoms with Crippen molar-refractivity contribution in [2.24, 2.45) is 0 Å². The first kappa shape index (κ1) is 26.5. The summed E-state index contributed by atoms with van der Waals surface area (Å²) >= 11 is 0. The SMILES string of the molecule is O=C(O)C(F)(F)F.O=C1CCC(N2C(=O)c3ccc(N4CCC(OC5CNC5)CC4)cc3C2=O)C(=O)N1. The molecular formula is C23H25F3N4O7.